The van der Waals surface area contributed by atoms with Crippen LogP contribution in [0.1, 0.15) is 323 Å². The molecule has 0 aromatic heterocycles. The Kier molecular flexibility index (Phi) is 62.7. The smallest absolute Gasteiger partial charge is 0.306 e. The molecule has 0 amide bonds. The van der Waals surface area contributed by atoms with E-state index in [0.29, 0.717) is 19.3 Å². The van der Waals surface area contributed by atoms with Crippen molar-refractivity contribution in [3.05, 3.63) is 97.2 Å². The standard InChI is InChI=1S/C72H124O6/c1-4-7-10-13-16-19-22-25-28-31-33-34-35-36-37-38-40-41-44-47-50-53-56-59-62-65-71(74)77-68-69(67-76-70(73)64-61-58-55-52-49-46-43-30-27-24-21-18-15-12-9-6-3)78-72(75)66-63-60-57-54-51-48-45-42-39-32-29-26-23-20-17-14-11-8-5-2/h7,10,16-17,19-20,25-26,28-30,33-34,39,42-43,69H,4-6,8-9,11-15,18,21-24,27,31-32,35-38,40-41,44-68H2,1-3H3/b10-7-,19-16-,20-17-,28-25-,29-26-,34-33-,42-39-,43-30-. The van der Waals surface area contributed by atoms with Crippen molar-refractivity contribution in [3.8, 4) is 0 Å². The van der Waals surface area contributed by atoms with Gasteiger partial charge >= 0.3 is 17.9 Å². The molecular formula is C72H124O6. The van der Waals surface area contributed by atoms with Crippen molar-refractivity contribution in [1.29, 1.82) is 0 Å². The highest BCUT2D eigenvalue weighted by Gasteiger charge is 2.19. The molecule has 0 heterocycles. The van der Waals surface area contributed by atoms with Crippen molar-refractivity contribution in [2.24, 2.45) is 0 Å². The summed E-state index contributed by atoms with van der Waals surface area (Å²) in [7, 11) is 0. The minimum Gasteiger partial charge on any atom is -0.462 e. The molecular weight excluding hydrogens is 961 g/mol. The SMILES string of the molecule is CC/C=C\C/C=C\C/C=C\C/C=C\CCCCCCCCCCCCCCC(=O)OCC(COC(=O)CCCCCCC/C=C\CCCCCCCCC)OC(=O)CCCCCCCC/C=C\C/C=C\C/C=C\CCCCC. The summed E-state index contributed by atoms with van der Waals surface area (Å²) >= 11 is 0. The molecule has 0 aliphatic carbocycles. The first-order valence-electron chi connectivity index (χ1n) is 33.2. The molecule has 448 valence electrons. The van der Waals surface area contributed by atoms with Crippen molar-refractivity contribution in [2.75, 3.05) is 13.2 Å². The number of unbranched alkanes of at least 4 members (excludes halogenated alkanes) is 33. The van der Waals surface area contributed by atoms with Crippen LogP contribution in [0.25, 0.3) is 0 Å². The lowest BCUT2D eigenvalue weighted by Gasteiger charge is -2.18. The summed E-state index contributed by atoms with van der Waals surface area (Å²) in [5.41, 5.74) is 0. The first-order chi connectivity index (χ1) is 38.5. The molecule has 6 heteroatoms. The van der Waals surface area contributed by atoms with Crippen LogP contribution in [0, 0.1) is 0 Å². The molecule has 0 rings (SSSR count). The molecule has 78 heavy (non-hydrogen) atoms. The first-order valence-corrected chi connectivity index (χ1v) is 33.2. The van der Waals surface area contributed by atoms with Gasteiger partial charge in [-0.25, -0.2) is 0 Å². The van der Waals surface area contributed by atoms with E-state index in [-0.39, 0.29) is 31.1 Å². The molecule has 0 saturated heterocycles. The molecule has 0 aliphatic rings. The lowest BCUT2D eigenvalue weighted by Crippen LogP contribution is -2.30. The van der Waals surface area contributed by atoms with Gasteiger partial charge in [-0.15, -0.1) is 0 Å². The van der Waals surface area contributed by atoms with Crippen molar-refractivity contribution in [2.45, 2.75) is 329 Å². The van der Waals surface area contributed by atoms with Gasteiger partial charge in [0.25, 0.3) is 0 Å². The molecule has 0 spiro atoms. The van der Waals surface area contributed by atoms with Gasteiger partial charge in [0, 0.05) is 19.3 Å². The third-order valence-electron chi connectivity index (χ3n) is 14.3. The lowest BCUT2D eigenvalue weighted by molar-refractivity contribution is -0.167. The van der Waals surface area contributed by atoms with E-state index >= 15 is 0 Å². The van der Waals surface area contributed by atoms with Crippen molar-refractivity contribution >= 4 is 17.9 Å². The maximum absolute atomic E-state index is 12.9. The average Bonchev–Trinajstić information content (AvgIpc) is 3.44. The number of ether oxygens (including phenoxy) is 3. The number of allylic oxidation sites excluding steroid dienone is 16. The monoisotopic (exact) mass is 1080 g/mol. The molecule has 0 aliphatic heterocycles. The molecule has 0 N–H and O–H groups in total. The number of hydrogen-bond donors (Lipinski definition) is 0. The Bertz CT molecular complexity index is 1530. The molecule has 0 aromatic rings. The third-order valence-corrected chi connectivity index (χ3v) is 14.3. The maximum atomic E-state index is 12.9. The number of hydrogen-bond acceptors (Lipinski definition) is 6. The van der Waals surface area contributed by atoms with E-state index < -0.39 is 6.10 Å². The second kappa shape index (κ2) is 65.8. The molecule has 0 radical (unpaired) electrons. The van der Waals surface area contributed by atoms with Crippen molar-refractivity contribution in [1.82, 2.24) is 0 Å². The van der Waals surface area contributed by atoms with Crippen LogP contribution in [-0.4, -0.2) is 37.2 Å². The highest BCUT2D eigenvalue weighted by molar-refractivity contribution is 5.71. The summed E-state index contributed by atoms with van der Waals surface area (Å²) < 4.78 is 16.9. The Labute approximate surface area is 483 Å². The molecule has 0 bridgehead atoms. The van der Waals surface area contributed by atoms with Gasteiger partial charge in [-0.3, -0.25) is 14.4 Å². The topological polar surface area (TPSA) is 78.9 Å². The average molecular weight is 1090 g/mol. The Morgan fingerprint density at radius 3 is 0.821 bits per heavy atom. The Morgan fingerprint density at radius 2 is 0.500 bits per heavy atom. The normalized spacial score (nSPS) is 12.7. The van der Waals surface area contributed by atoms with E-state index in [9.17, 15) is 14.4 Å². The van der Waals surface area contributed by atoms with Gasteiger partial charge in [0.2, 0.25) is 0 Å². The van der Waals surface area contributed by atoms with Crippen LogP contribution < -0.4 is 0 Å². The van der Waals surface area contributed by atoms with Gasteiger partial charge in [0.1, 0.15) is 13.2 Å². The van der Waals surface area contributed by atoms with Gasteiger partial charge < -0.3 is 14.2 Å². The Morgan fingerprint density at radius 1 is 0.269 bits per heavy atom. The van der Waals surface area contributed by atoms with Crippen LogP contribution in [0.4, 0.5) is 0 Å². The highest BCUT2D eigenvalue weighted by atomic mass is 16.6. The summed E-state index contributed by atoms with van der Waals surface area (Å²) in [4.78, 5) is 38.4. The number of carbonyl (C=O) groups is 3. The van der Waals surface area contributed by atoms with E-state index in [2.05, 4.69) is 118 Å². The van der Waals surface area contributed by atoms with E-state index in [4.69, 9.17) is 14.2 Å². The molecule has 0 saturated carbocycles. The third kappa shape index (κ3) is 63.2. The summed E-state index contributed by atoms with van der Waals surface area (Å²) in [5.74, 6) is -0.896. The van der Waals surface area contributed by atoms with E-state index in [1.165, 1.54) is 167 Å². The van der Waals surface area contributed by atoms with Crippen LogP contribution in [0.5, 0.6) is 0 Å². The van der Waals surface area contributed by atoms with Gasteiger partial charge in [0.05, 0.1) is 0 Å². The minimum absolute atomic E-state index is 0.0854. The zero-order valence-electron chi connectivity index (χ0n) is 51.4. The molecule has 6 nitrogen and oxygen atoms in total. The largest absolute Gasteiger partial charge is 0.462 e. The number of carbonyl (C=O) groups excluding carboxylic acids is 3. The van der Waals surface area contributed by atoms with Crippen LogP contribution in [0.3, 0.4) is 0 Å². The summed E-state index contributed by atoms with van der Waals surface area (Å²) in [6, 6.07) is 0. The Balaban J connectivity index is 4.37. The molecule has 0 fully saturated rings. The second-order valence-electron chi connectivity index (χ2n) is 22.0. The first kappa shape index (κ1) is 74.3. The molecule has 1 unspecified atom stereocenters. The minimum atomic E-state index is -0.791. The van der Waals surface area contributed by atoms with Crippen LogP contribution >= 0.6 is 0 Å². The fraction of sp³-hybridized carbons (Fsp3) is 0.736. The highest BCUT2D eigenvalue weighted by Crippen LogP contribution is 2.16. The summed E-state index contributed by atoms with van der Waals surface area (Å²) in [6.07, 6.45) is 88.4. The summed E-state index contributed by atoms with van der Waals surface area (Å²) in [6.45, 7) is 6.51. The van der Waals surface area contributed by atoms with E-state index in [1.54, 1.807) is 0 Å². The van der Waals surface area contributed by atoms with E-state index in [0.717, 1.165) is 116 Å². The van der Waals surface area contributed by atoms with Crippen LogP contribution in [-0.2, 0) is 28.6 Å². The number of esters is 3. The number of rotatable bonds is 60. The van der Waals surface area contributed by atoms with Crippen molar-refractivity contribution < 1.29 is 28.6 Å². The maximum Gasteiger partial charge on any atom is 0.306 e. The van der Waals surface area contributed by atoms with Gasteiger partial charge in [0.15, 0.2) is 6.10 Å². The second-order valence-corrected chi connectivity index (χ2v) is 22.0. The molecule has 1 atom stereocenters. The van der Waals surface area contributed by atoms with Crippen LogP contribution in [0.15, 0.2) is 97.2 Å². The predicted molar refractivity (Wildman–Crippen MR) is 339 cm³/mol. The Hall–Kier alpha value is -3.67. The fourth-order valence-electron chi connectivity index (χ4n) is 9.32. The van der Waals surface area contributed by atoms with Crippen molar-refractivity contribution in [3.63, 3.8) is 0 Å². The summed E-state index contributed by atoms with van der Waals surface area (Å²) in [5, 5.41) is 0. The van der Waals surface area contributed by atoms with Crippen LogP contribution in [0.2, 0.25) is 0 Å². The predicted octanol–water partition coefficient (Wildman–Crippen LogP) is 22.8. The van der Waals surface area contributed by atoms with Gasteiger partial charge in [-0.1, -0.05) is 279 Å². The van der Waals surface area contributed by atoms with Gasteiger partial charge in [-0.05, 0) is 122 Å². The lowest BCUT2D eigenvalue weighted by atomic mass is 10.0. The molecule has 0 aromatic carbocycles. The van der Waals surface area contributed by atoms with E-state index in [1.807, 2.05) is 0 Å². The zero-order valence-corrected chi connectivity index (χ0v) is 51.4. The fourth-order valence-corrected chi connectivity index (χ4v) is 9.32. The van der Waals surface area contributed by atoms with Gasteiger partial charge in [-0.2, -0.15) is 0 Å². The quantitative estimate of drug-likeness (QED) is 0.0261. The zero-order chi connectivity index (χ0) is 56.4.